The van der Waals surface area contributed by atoms with Gasteiger partial charge in [0.05, 0.1) is 6.17 Å². The lowest BCUT2D eigenvalue weighted by atomic mass is 10.3. The maximum Gasteiger partial charge on any atom is 0.403 e. The van der Waals surface area contributed by atoms with Gasteiger partial charge in [-0.2, -0.15) is 0 Å². The number of ether oxygens (including phenoxy) is 3. The highest BCUT2D eigenvalue weighted by molar-refractivity contribution is 6.67. The zero-order valence-electron chi connectivity index (χ0n) is 15.4. The van der Waals surface area contributed by atoms with Crippen LogP contribution >= 0.6 is 0 Å². The summed E-state index contributed by atoms with van der Waals surface area (Å²) in [6, 6.07) is 0.795. The summed E-state index contributed by atoms with van der Waals surface area (Å²) in [5.41, 5.74) is 3.32. The zero-order valence-corrected chi connectivity index (χ0v) is 16.4. The molecule has 0 fully saturated rings. The summed E-state index contributed by atoms with van der Waals surface area (Å²) in [6.45, 7) is 10.1. The number of methoxy groups -OCH3 is 3. The van der Waals surface area contributed by atoms with E-state index < -0.39 is 14.7 Å². The van der Waals surface area contributed by atoms with Crippen LogP contribution in [0, 0.1) is 5.92 Å². The third kappa shape index (κ3) is 6.59. The SMILES string of the molecule is CCNN(CC)C[Si](CC(C)C)(OC)OC(OC)(OC)OC. The van der Waals surface area contributed by atoms with Gasteiger partial charge in [0.1, 0.15) is 0 Å². The van der Waals surface area contributed by atoms with E-state index in [1.165, 1.54) is 21.3 Å². The summed E-state index contributed by atoms with van der Waals surface area (Å²) >= 11 is 0. The number of hydrogen-bond acceptors (Lipinski definition) is 7. The van der Waals surface area contributed by atoms with Crippen LogP contribution in [0.3, 0.4) is 0 Å². The molecule has 1 atom stereocenters. The first-order valence-electron chi connectivity index (χ1n) is 7.75. The van der Waals surface area contributed by atoms with Crippen molar-refractivity contribution in [2.24, 2.45) is 5.92 Å². The predicted octanol–water partition coefficient (Wildman–Crippen LogP) is 1.68. The Morgan fingerprint density at radius 1 is 1.05 bits per heavy atom. The van der Waals surface area contributed by atoms with Gasteiger partial charge >= 0.3 is 14.7 Å². The van der Waals surface area contributed by atoms with Crippen molar-refractivity contribution in [2.75, 3.05) is 47.7 Å². The summed E-state index contributed by atoms with van der Waals surface area (Å²) in [5.74, 6) is 0.412. The van der Waals surface area contributed by atoms with Crippen LogP contribution in [0.15, 0.2) is 0 Å². The number of nitrogens with zero attached hydrogens (tertiary/aromatic N) is 1. The van der Waals surface area contributed by atoms with Crippen LogP contribution in [0.1, 0.15) is 27.7 Å². The molecule has 0 aromatic rings. The summed E-state index contributed by atoms with van der Waals surface area (Å²) in [6.07, 6.45) is -0.896. The van der Waals surface area contributed by atoms with Crippen molar-refractivity contribution >= 4 is 8.56 Å². The largest absolute Gasteiger partial charge is 0.403 e. The first-order chi connectivity index (χ1) is 10.4. The Balaban J connectivity index is 5.37. The molecular formula is C14H34N2O5Si. The van der Waals surface area contributed by atoms with Crippen molar-refractivity contribution in [1.29, 1.82) is 0 Å². The zero-order chi connectivity index (χ0) is 17.2. The quantitative estimate of drug-likeness (QED) is 0.311. The Labute approximate surface area is 136 Å². The molecular weight excluding hydrogens is 304 g/mol. The van der Waals surface area contributed by atoms with E-state index in [0.717, 1.165) is 19.1 Å². The number of nitrogens with one attached hydrogen (secondary N) is 1. The highest BCUT2D eigenvalue weighted by Gasteiger charge is 2.48. The maximum absolute atomic E-state index is 6.18. The average molecular weight is 339 g/mol. The van der Waals surface area contributed by atoms with Crippen LogP contribution in [0.2, 0.25) is 6.04 Å². The molecule has 134 valence electrons. The van der Waals surface area contributed by atoms with Gasteiger partial charge in [0.15, 0.2) is 0 Å². The molecule has 0 aliphatic heterocycles. The van der Waals surface area contributed by atoms with E-state index in [-0.39, 0.29) is 0 Å². The lowest BCUT2D eigenvalue weighted by Crippen LogP contribution is -2.61. The Kier molecular flexibility index (Phi) is 10.6. The van der Waals surface area contributed by atoms with Gasteiger partial charge in [-0.15, -0.1) is 0 Å². The van der Waals surface area contributed by atoms with Gasteiger partial charge in [0, 0.05) is 41.5 Å². The molecule has 8 heteroatoms. The Bertz CT molecular complexity index is 284. The minimum Gasteiger partial charge on any atom is -0.397 e. The molecule has 0 radical (unpaired) electrons. The van der Waals surface area contributed by atoms with E-state index in [0.29, 0.717) is 12.1 Å². The number of hydrogen-bond donors (Lipinski definition) is 1. The van der Waals surface area contributed by atoms with E-state index in [1.807, 2.05) is 0 Å². The van der Waals surface area contributed by atoms with Crippen LogP contribution in [0.4, 0.5) is 0 Å². The summed E-state index contributed by atoms with van der Waals surface area (Å²) < 4.78 is 28.0. The van der Waals surface area contributed by atoms with Gasteiger partial charge in [0.2, 0.25) is 0 Å². The topological polar surface area (TPSA) is 61.4 Å². The molecule has 0 heterocycles. The second kappa shape index (κ2) is 10.7. The molecule has 0 aliphatic rings. The smallest absolute Gasteiger partial charge is 0.397 e. The fraction of sp³-hybridized carbons (Fsp3) is 1.00. The van der Waals surface area contributed by atoms with Crippen molar-refractivity contribution in [3.05, 3.63) is 0 Å². The van der Waals surface area contributed by atoms with E-state index in [1.54, 1.807) is 7.11 Å². The third-order valence-corrected chi connectivity index (χ3v) is 7.02. The molecule has 0 saturated carbocycles. The highest BCUT2D eigenvalue weighted by atomic mass is 28.4. The van der Waals surface area contributed by atoms with E-state index in [9.17, 15) is 0 Å². The third-order valence-electron chi connectivity index (χ3n) is 3.35. The normalized spacial score (nSPS) is 15.5. The summed E-state index contributed by atoms with van der Waals surface area (Å²) in [5, 5.41) is 2.10. The van der Waals surface area contributed by atoms with Crippen molar-refractivity contribution in [3.8, 4) is 0 Å². The lowest BCUT2D eigenvalue weighted by molar-refractivity contribution is -0.456. The van der Waals surface area contributed by atoms with Gasteiger partial charge in [-0.1, -0.05) is 27.7 Å². The van der Waals surface area contributed by atoms with Crippen molar-refractivity contribution in [3.63, 3.8) is 0 Å². The Morgan fingerprint density at radius 3 is 1.91 bits per heavy atom. The predicted molar refractivity (Wildman–Crippen MR) is 88.2 cm³/mol. The van der Waals surface area contributed by atoms with Gasteiger partial charge in [0.25, 0.3) is 0 Å². The first kappa shape index (κ1) is 21.9. The van der Waals surface area contributed by atoms with E-state index in [4.69, 9.17) is 23.1 Å². The molecule has 1 unspecified atom stereocenters. The number of rotatable bonds is 13. The molecule has 7 nitrogen and oxygen atoms in total. The highest BCUT2D eigenvalue weighted by Crippen LogP contribution is 2.27. The van der Waals surface area contributed by atoms with Crippen molar-refractivity contribution in [1.82, 2.24) is 10.4 Å². The molecule has 0 aromatic heterocycles. The molecule has 0 aromatic carbocycles. The van der Waals surface area contributed by atoms with Gasteiger partial charge in [-0.25, -0.2) is 5.01 Å². The van der Waals surface area contributed by atoms with E-state index in [2.05, 4.69) is 38.1 Å². The van der Waals surface area contributed by atoms with Crippen LogP contribution in [0.25, 0.3) is 0 Å². The molecule has 0 rings (SSSR count). The van der Waals surface area contributed by atoms with Gasteiger partial charge in [-0.05, 0) is 12.0 Å². The molecule has 0 aliphatic carbocycles. The minimum atomic E-state index is -2.66. The molecule has 22 heavy (non-hydrogen) atoms. The van der Waals surface area contributed by atoms with Gasteiger partial charge in [-0.3, -0.25) is 5.43 Å². The number of hydrazine groups is 1. The second-order valence-electron chi connectivity index (χ2n) is 5.45. The molecule has 0 spiro atoms. The molecule has 1 N–H and O–H groups in total. The average Bonchev–Trinajstić information content (AvgIpc) is 2.51. The Morgan fingerprint density at radius 2 is 1.59 bits per heavy atom. The van der Waals surface area contributed by atoms with Crippen LogP contribution in [-0.2, 0) is 23.1 Å². The van der Waals surface area contributed by atoms with E-state index >= 15 is 0 Å². The molecule has 0 saturated heterocycles. The fourth-order valence-electron chi connectivity index (χ4n) is 2.35. The van der Waals surface area contributed by atoms with Gasteiger partial charge < -0.3 is 23.1 Å². The van der Waals surface area contributed by atoms with Crippen LogP contribution in [-0.4, -0.2) is 67.4 Å². The van der Waals surface area contributed by atoms with Crippen molar-refractivity contribution < 1.29 is 23.1 Å². The fourth-order valence-corrected chi connectivity index (χ4v) is 5.87. The summed E-state index contributed by atoms with van der Waals surface area (Å²) in [4.78, 5) is 0. The second-order valence-corrected chi connectivity index (χ2v) is 8.61. The van der Waals surface area contributed by atoms with Crippen LogP contribution < -0.4 is 5.43 Å². The first-order valence-corrected chi connectivity index (χ1v) is 9.98. The monoisotopic (exact) mass is 338 g/mol. The minimum absolute atomic E-state index is 0.412. The maximum atomic E-state index is 6.18. The Hall–Kier alpha value is -0.0631. The van der Waals surface area contributed by atoms with Crippen molar-refractivity contribution in [2.45, 2.75) is 39.9 Å². The van der Waals surface area contributed by atoms with Crippen LogP contribution in [0.5, 0.6) is 0 Å². The standard InChI is InChI=1S/C14H34N2O5Si/c1-9-15-16(10-2)12-22(20-8,11-13(3)4)21-14(17-5,18-6)19-7/h13,15H,9-12H2,1-8H3. The molecule has 0 amide bonds. The lowest BCUT2D eigenvalue weighted by Gasteiger charge is -2.40. The summed E-state index contributed by atoms with van der Waals surface area (Å²) in [7, 11) is 3.47. The molecule has 0 bridgehead atoms.